The van der Waals surface area contributed by atoms with Crippen LogP contribution in [-0.4, -0.2) is 31.1 Å². The summed E-state index contributed by atoms with van der Waals surface area (Å²) in [7, 11) is 2.28. The molecule has 2 unspecified atom stereocenters. The van der Waals surface area contributed by atoms with Crippen molar-refractivity contribution in [3.8, 4) is 0 Å². The molecule has 116 valence electrons. The lowest BCUT2D eigenvalue weighted by molar-refractivity contribution is 0.272. The lowest BCUT2D eigenvalue weighted by Crippen LogP contribution is -2.29. The van der Waals surface area contributed by atoms with Crippen molar-refractivity contribution in [1.82, 2.24) is 10.2 Å². The van der Waals surface area contributed by atoms with Gasteiger partial charge in [0.05, 0.1) is 0 Å². The zero-order valence-electron chi connectivity index (χ0n) is 13.8. The Hall–Kier alpha value is -0.860. The minimum atomic E-state index is 0.601. The van der Waals surface area contributed by atoms with E-state index in [0.717, 1.165) is 17.9 Å². The van der Waals surface area contributed by atoms with Gasteiger partial charge in [-0.15, -0.1) is 0 Å². The fourth-order valence-electron chi connectivity index (χ4n) is 3.69. The number of rotatable bonds is 6. The van der Waals surface area contributed by atoms with Crippen molar-refractivity contribution < 1.29 is 0 Å². The molecule has 2 aliphatic rings. The summed E-state index contributed by atoms with van der Waals surface area (Å²) in [5.74, 6) is 1.51. The van der Waals surface area contributed by atoms with E-state index in [1.54, 1.807) is 0 Å². The van der Waals surface area contributed by atoms with Gasteiger partial charge in [-0.3, -0.25) is 4.90 Å². The second kappa shape index (κ2) is 6.50. The number of likely N-dealkylation sites (tertiary alicyclic amines) is 1. The van der Waals surface area contributed by atoms with Crippen molar-refractivity contribution in [3.63, 3.8) is 0 Å². The van der Waals surface area contributed by atoms with Crippen LogP contribution in [0.15, 0.2) is 24.3 Å². The highest BCUT2D eigenvalue weighted by Gasteiger charge is 2.34. The van der Waals surface area contributed by atoms with E-state index in [4.69, 9.17) is 0 Å². The normalized spacial score (nSPS) is 26.7. The fraction of sp³-hybridized carbons (Fsp3) is 0.684. The molecule has 0 radical (unpaired) electrons. The van der Waals surface area contributed by atoms with Gasteiger partial charge in [-0.1, -0.05) is 38.1 Å². The van der Waals surface area contributed by atoms with E-state index >= 15 is 0 Å². The molecule has 1 aromatic rings. The van der Waals surface area contributed by atoms with Crippen molar-refractivity contribution in [1.29, 1.82) is 0 Å². The average Bonchev–Trinajstić information content (AvgIpc) is 3.20. The molecule has 2 nitrogen and oxygen atoms in total. The van der Waals surface area contributed by atoms with E-state index in [0.29, 0.717) is 6.04 Å². The van der Waals surface area contributed by atoms with Crippen molar-refractivity contribution in [2.45, 2.75) is 51.6 Å². The van der Waals surface area contributed by atoms with Gasteiger partial charge in [0.2, 0.25) is 0 Å². The quantitative estimate of drug-likeness (QED) is 0.859. The molecule has 0 amide bonds. The van der Waals surface area contributed by atoms with Crippen LogP contribution in [-0.2, 0) is 6.42 Å². The number of benzene rings is 1. The highest BCUT2D eigenvalue weighted by molar-refractivity contribution is 5.26. The van der Waals surface area contributed by atoms with Crippen molar-refractivity contribution >= 4 is 0 Å². The van der Waals surface area contributed by atoms with E-state index in [2.05, 4.69) is 55.4 Å². The molecule has 1 aromatic carbocycles. The van der Waals surface area contributed by atoms with Gasteiger partial charge < -0.3 is 5.32 Å². The summed E-state index contributed by atoms with van der Waals surface area (Å²) in [5.41, 5.74) is 2.98. The molecule has 2 atom stereocenters. The molecule has 3 rings (SSSR count). The average molecular weight is 286 g/mol. The van der Waals surface area contributed by atoms with E-state index in [9.17, 15) is 0 Å². The molecule has 1 saturated heterocycles. The van der Waals surface area contributed by atoms with E-state index in [-0.39, 0.29) is 0 Å². The summed E-state index contributed by atoms with van der Waals surface area (Å²) in [6.45, 7) is 7.00. The summed E-state index contributed by atoms with van der Waals surface area (Å²) in [6.07, 6.45) is 5.29. The maximum Gasteiger partial charge on any atom is 0.0385 e. The summed E-state index contributed by atoms with van der Waals surface area (Å²) < 4.78 is 0. The molecule has 1 aliphatic carbocycles. The van der Waals surface area contributed by atoms with Gasteiger partial charge in [0.1, 0.15) is 0 Å². The first-order chi connectivity index (χ1) is 10.1. The molecule has 2 heteroatoms. The number of hydrogen-bond donors (Lipinski definition) is 1. The van der Waals surface area contributed by atoms with E-state index in [1.165, 1.54) is 49.9 Å². The SMILES string of the molecule is CC(C)Cc1ccc(C2C(CNC3CC3)CCN2C)cc1. The Bertz CT molecular complexity index is 447. The Labute approximate surface area is 129 Å². The van der Waals surface area contributed by atoms with Crippen LogP contribution in [0.1, 0.15) is 50.3 Å². The summed E-state index contributed by atoms with van der Waals surface area (Å²) in [4.78, 5) is 2.54. The zero-order chi connectivity index (χ0) is 14.8. The second-order valence-electron chi connectivity index (χ2n) is 7.50. The Balaban J connectivity index is 1.66. The third-order valence-corrected chi connectivity index (χ3v) is 4.99. The monoisotopic (exact) mass is 286 g/mol. The smallest absolute Gasteiger partial charge is 0.0385 e. The van der Waals surface area contributed by atoms with Crippen LogP contribution in [0.25, 0.3) is 0 Å². The highest BCUT2D eigenvalue weighted by Crippen LogP contribution is 2.36. The fourth-order valence-corrected chi connectivity index (χ4v) is 3.69. The number of hydrogen-bond acceptors (Lipinski definition) is 2. The first-order valence-electron chi connectivity index (χ1n) is 8.66. The Morgan fingerprint density at radius 2 is 1.86 bits per heavy atom. The maximum atomic E-state index is 3.73. The standard InChI is InChI=1S/C19H30N2/c1-14(2)12-15-4-6-16(7-5-15)19-17(10-11-21(19)3)13-20-18-8-9-18/h4-7,14,17-20H,8-13H2,1-3H3. The lowest BCUT2D eigenvalue weighted by Gasteiger charge is -2.26. The second-order valence-corrected chi connectivity index (χ2v) is 7.50. The Kier molecular flexibility index (Phi) is 4.66. The summed E-state index contributed by atoms with van der Waals surface area (Å²) in [5, 5.41) is 3.73. The summed E-state index contributed by atoms with van der Waals surface area (Å²) in [6, 6.07) is 10.8. The first kappa shape index (κ1) is 15.1. The van der Waals surface area contributed by atoms with Gasteiger partial charge in [0.25, 0.3) is 0 Å². The molecule has 1 saturated carbocycles. The minimum absolute atomic E-state index is 0.601. The van der Waals surface area contributed by atoms with Gasteiger partial charge in [-0.2, -0.15) is 0 Å². The number of nitrogens with one attached hydrogen (secondary N) is 1. The molecular weight excluding hydrogens is 256 g/mol. The van der Waals surface area contributed by atoms with Crippen LogP contribution in [0.4, 0.5) is 0 Å². The number of nitrogens with zero attached hydrogens (tertiary/aromatic N) is 1. The third-order valence-electron chi connectivity index (χ3n) is 4.99. The molecule has 1 aliphatic heterocycles. The van der Waals surface area contributed by atoms with E-state index < -0.39 is 0 Å². The molecule has 1 N–H and O–H groups in total. The van der Waals surface area contributed by atoms with E-state index in [1.807, 2.05) is 0 Å². The maximum absolute atomic E-state index is 3.73. The lowest BCUT2D eigenvalue weighted by atomic mass is 9.92. The van der Waals surface area contributed by atoms with Crippen LogP contribution in [0.3, 0.4) is 0 Å². The first-order valence-corrected chi connectivity index (χ1v) is 8.66. The Morgan fingerprint density at radius 3 is 2.48 bits per heavy atom. The van der Waals surface area contributed by atoms with Crippen LogP contribution in [0, 0.1) is 11.8 Å². The molecule has 1 heterocycles. The van der Waals surface area contributed by atoms with Crippen LogP contribution in [0.2, 0.25) is 0 Å². The van der Waals surface area contributed by atoms with Crippen LogP contribution < -0.4 is 5.32 Å². The van der Waals surface area contributed by atoms with Gasteiger partial charge in [-0.25, -0.2) is 0 Å². The summed E-state index contributed by atoms with van der Waals surface area (Å²) >= 11 is 0. The molecule has 21 heavy (non-hydrogen) atoms. The van der Waals surface area contributed by atoms with Crippen LogP contribution >= 0.6 is 0 Å². The minimum Gasteiger partial charge on any atom is -0.314 e. The predicted octanol–water partition coefficient (Wildman–Crippen LogP) is 3.63. The molecule has 0 aromatic heterocycles. The van der Waals surface area contributed by atoms with Crippen molar-refractivity contribution in [2.75, 3.05) is 20.1 Å². The zero-order valence-corrected chi connectivity index (χ0v) is 13.8. The molecule has 0 bridgehead atoms. The highest BCUT2D eigenvalue weighted by atomic mass is 15.2. The van der Waals surface area contributed by atoms with Crippen LogP contribution in [0.5, 0.6) is 0 Å². The van der Waals surface area contributed by atoms with Gasteiger partial charge >= 0.3 is 0 Å². The largest absolute Gasteiger partial charge is 0.314 e. The predicted molar refractivity (Wildman–Crippen MR) is 89.5 cm³/mol. The van der Waals surface area contributed by atoms with Gasteiger partial charge in [0.15, 0.2) is 0 Å². The molecule has 2 fully saturated rings. The molecule has 0 spiro atoms. The van der Waals surface area contributed by atoms with Crippen molar-refractivity contribution in [2.24, 2.45) is 11.8 Å². The Morgan fingerprint density at radius 1 is 1.14 bits per heavy atom. The van der Waals surface area contributed by atoms with Gasteiger partial charge in [0, 0.05) is 18.6 Å². The van der Waals surface area contributed by atoms with Gasteiger partial charge in [-0.05, 0) is 62.2 Å². The van der Waals surface area contributed by atoms with Crippen molar-refractivity contribution in [3.05, 3.63) is 35.4 Å². The topological polar surface area (TPSA) is 15.3 Å². The molecular formula is C19H30N2. The third kappa shape index (κ3) is 3.87.